The fourth-order valence-electron chi connectivity index (χ4n) is 4.19. The molecule has 3 aromatic rings. The van der Waals surface area contributed by atoms with Crippen molar-refractivity contribution >= 4 is 17.5 Å². The third kappa shape index (κ3) is 4.00. The van der Waals surface area contributed by atoms with E-state index in [4.69, 9.17) is 11.6 Å². The van der Waals surface area contributed by atoms with E-state index in [1.54, 1.807) is 12.1 Å². The van der Waals surface area contributed by atoms with E-state index < -0.39 is 5.60 Å². The Kier molecular flexibility index (Phi) is 5.67. The van der Waals surface area contributed by atoms with Crippen LogP contribution in [0.4, 0.5) is 0 Å². The summed E-state index contributed by atoms with van der Waals surface area (Å²) in [6.45, 7) is 5.02. The van der Waals surface area contributed by atoms with E-state index in [2.05, 4.69) is 5.10 Å². The Morgan fingerprint density at radius 2 is 1.70 bits per heavy atom. The fraction of sp³-hybridized carbons (Fsp3) is 0.333. The summed E-state index contributed by atoms with van der Waals surface area (Å²) in [5.41, 5.74) is 3.77. The lowest BCUT2D eigenvalue weighted by Gasteiger charge is -2.38. The standard InChI is InChI=1S/C24H26ClN3O2/c1-17-22(18(2)28(26-17)21-6-4-3-5-7-21)16-23(29)27-14-12-24(30,13-15-27)19-8-10-20(25)11-9-19/h3-11,30H,12-16H2,1-2H3. The average molecular weight is 424 g/mol. The van der Waals surface area contributed by atoms with Gasteiger partial charge in [-0.25, -0.2) is 4.68 Å². The molecule has 0 atom stereocenters. The molecule has 1 amide bonds. The number of rotatable bonds is 4. The molecule has 6 heteroatoms. The summed E-state index contributed by atoms with van der Waals surface area (Å²) >= 11 is 5.96. The Morgan fingerprint density at radius 1 is 1.07 bits per heavy atom. The topological polar surface area (TPSA) is 58.4 Å². The predicted octanol–water partition coefficient (Wildman–Crippen LogP) is 4.20. The van der Waals surface area contributed by atoms with Gasteiger partial charge in [-0.05, 0) is 56.5 Å². The zero-order valence-electron chi connectivity index (χ0n) is 17.3. The number of para-hydroxylation sites is 1. The van der Waals surface area contributed by atoms with E-state index in [0.29, 0.717) is 37.4 Å². The maximum atomic E-state index is 13.0. The van der Waals surface area contributed by atoms with Gasteiger partial charge in [0.15, 0.2) is 0 Å². The van der Waals surface area contributed by atoms with Crippen LogP contribution in [0.1, 0.15) is 35.4 Å². The number of hydrogen-bond acceptors (Lipinski definition) is 3. The molecule has 0 bridgehead atoms. The molecule has 0 radical (unpaired) electrons. The van der Waals surface area contributed by atoms with E-state index in [0.717, 1.165) is 28.2 Å². The number of aryl methyl sites for hydroxylation is 1. The van der Waals surface area contributed by atoms with Crippen molar-refractivity contribution in [2.24, 2.45) is 0 Å². The minimum Gasteiger partial charge on any atom is -0.385 e. The molecule has 30 heavy (non-hydrogen) atoms. The van der Waals surface area contributed by atoms with Gasteiger partial charge in [0.25, 0.3) is 0 Å². The summed E-state index contributed by atoms with van der Waals surface area (Å²) in [4.78, 5) is 14.9. The summed E-state index contributed by atoms with van der Waals surface area (Å²) < 4.78 is 1.90. The van der Waals surface area contributed by atoms with Gasteiger partial charge in [-0.2, -0.15) is 5.10 Å². The van der Waals surface area contributed by atoms with Gasteiger partial charge in [-0.3, -0.25) is 4.79 Å². The Bertz CT molecular complexity index is 1040. The second kappa shape index (κ2) is 8.25. The van der Waals surface area contributed by atoms with E-state index in [-0.39, 0.29) is 5.91 Å². The quantitative estimate of drug-likeness (QED) is 0.684. The predicted molar refractivity (Wildman–Crippen MR) is 118 cm³/mol. The van der Waals surface area contributed by atoms with Crippen LogP contribution < -0.4 is 0 Å². The number of halogens is 1. The van der Waals surface area contributed by atoms with Gasteiger partial charge in [0.05, 0.1) is 23.4 Å². The Labute approximate surface area is 181 Å². The van der Waals surface area contributed by atoms with Gasteiger partial charge in [-0.15, -0.1) is 0 Å². The molecule has 2 heterocycles. The maximum Gasteiger partial charge on any atom is 0.227 e. The molecule has 1 aliphatic rings. The lowest BCUT2D eigenvalue weighted by atomic mass is 9.84. The van der Waals surface area contributed by atoms with Crippen LogP contribution in [0.25, 0.3) is 5.69 Å². The Hall–Kier alpha value is -2.63. The van der Waals surface area contributed by atoms with Gasteiger partial charge in [0.2, 0.25) is 5.91 Å². The number of carbonyl (C=O) groups excluding carboxylic acids is 1. The van der Waals surface area contributed by atoms with Gasteiger partial charge >= 0.3 is 0 Å². The average Bonchev–Trinajstić information content (AvgIpc) is 3.03. The molecule has 0 spiro atoms. The molecule has 5 nitrogen and oxygen atoms in total. The molecule has 0 aliphatic carbocycles. The summed E-state index contributed by atoms with van der Waals surface area (Å²) in [5.74, 6) is 0.0759. The molecular weight excluding hydrogens is 398 g/mol. The van der Waals surface area contributed by atoms with Gasteiger partial charge in [0.1, 0.15) is 0 Å². The number of nitrogens with zero attached hydrogens (tertiary/aromatic N) is 3. The van der Waals surface area contributed by atoms with Crippen LogP contribution in [-0.2, 0) is 16.8 Å². The normalized spacial score (nSPS) is 15.9. The van der Waals surface area contributed by atoms with E-state index >= 15 is 0 Å². The smallest absolute Gasteiger partial charge is 0.227 e. The first kappa shape index (κ1) is 20.6. The van der Waals surface area contributed by atoms with Crippen molar-refractivity contribution in [1.29, 1.82) is 0 Å². The lowest BCUT2D eigenvalue weighted by molar-refractivity contribution is -0.135. The highest BCUT2D eigenvalue weighted by Gasteiger charge is 2.35. The van der Waals surface area contributed by atoms with Gasteiger partial charge in [0, 0.05) is 29.4 Å². The van der Waals surface area contributed by atoms with Crippen LogP contribution in [-0.4, -0.2) is 38.8 Å². The van der Waals surface area contributed by atoms with Crippen LogP contribution >= 0.6 is 11.6 Å². The largest absolute Gasteiger partial charge is 0.385 e. The van der Waals surface area contributed by atoms with E-state index in [1.807, 2.05) is 65.9 Å². The van der Waals surface area contributed by atoms with Crippen molar-refractivity contribution < 1.29 is 9.90 Å². The maximum absolute atomic E-state index is 13.0. The molecule has 156 valence electrons. The molecule has 2 aromatic carbocycles. The number of aliphatic hydroxyl groups is 1. The fourth-order valence-corrected chi connectivity index (χ4v) is 4.32. The van der Waals surface area contributed by atoms with Crippen LogP contribution in [0.2, 0.25) is 5.02 Å². The SMILES string of the molecule is Cc1nn(-c2ccccc2)c(C)c1CC(=O)N1CCC(O)(c2ccc(Cl)cc2)CC1. The number of carbonyl (C=O) groups is 1. The molecule has 1 aromatic heterocycles. The third-order valence-electron chi connectivity index (χ3n) is 6.09. The zero-order chi connectivity index (χ0) is 21.3. The van der Waals surface area contributed by atoms with E-state index in [1.165, 1.54) is 0 Å². The van der Waals surface area contributed by atoms with Crippen molar-refractivity contribution in [2.45, 2.75) is 38.7 Å². The van der Waals surface area contributed by atoms with Crippen molar-refractivity contribution in [1.82, 2.24) is 14.7 Å². The number of amides is 1. The van der Waals surface area contributed by atoms with Gasteiger partial charge in [-0.1, -0.05) is 41.9 Å². The minimum atomic E-state index is -0.911. The van der Waals surface area contributed by atoms with Crippen LogP contribution in [0.5, 0.6) is 0 Å². The van der Waals surface area contributed by atoms with Crippen LogP contribution in [0.15, 0.2) is 54.6 Å². The van der Waals surface area contributed by atoms with Gasteiger partial charge < -0.3 is 10.0 Å². The van der Waals surface area contributed by atoms with Crippen molar-refractivity contribution in [3.05, 3.63) is 82.1 Å². The first-order valence-electron chi connectivity index (χ1n) is 10.2. The highest BCUT2D eigenvalue weighted by atomic mass is 35.5. The highest BCUT2D eigenvalue weighted by molar-refractivity contribution is 6.30. The summed E-state index contributed by atoms with van der Waals surface area (Å²) in [6.07, 6.45) is 1.35. The number of aromatic nitrogens is 2. The lowest BCUT2D eigenvalue weighted by Crippen LogP contribution is -2.45. The third-order valence-corrected chi connectivity index (χ3v) is 6.35. The molecule has 1 N–H and O–H groups in total. The second-order valence-corrected chi connectivity index (χ2v) is 8.43. The van der Waals surface area contributed by atoms with Crippen molar-refractivity contribution in [2.75, 3.05) is 13.1 Å². The van der Waals surface area contributed by atoms with E-state index in [9.17, 15) is 9.90 Å². The molecular formula is C24H26ClN3O2. The Balaban J connectivity index is 1.44. The highest BCUT2D eigenvalue weighted by Crippen LogP contribution is 2.33. The number of piperidine rings is 1. The number of benzene rings is 2. The molecule has 0 unspecified atom stereocenters. The Morgan fingerprint density at radius 3 is 2.33 bits per heavy atom. The molecule has 4 rings (SSSR count). The zero-order valence-corrected chi connectivity index (χ0v) is 18.1. The summed E-state index contributed by atoms with van der Waals surface area (Å²) in [6, 6.07) is 17.3. The monoisotopic (exact) mass is 423 g/mol. The second-order valence-electron chi connectivity index (χ2n) is 7.99. The molecule has 1 saturated heterocycles. The van der Waals surface area contributed by atoms with Crippen LogP contribution in [0, 0.1) is 13.8 Å². The summed E-state index contributed by atoms with van der Waals surface area (Å²) in [5, 5.41) is 16.3. The van der Waals surface area contributed by atoms with Crippen molar-refractivity contribution in [3.8, 4) is 5.69 Å². The number of hydrogen-bond donors (Lipinski definition) is 1. The minimum absolute atomic E-state index is 0.0759. The first-order valence-corrected chi connectivity index (χ1v) is 10.6. The molecule has 1 fully saturated rings. The summed E-state index contributed by atoms with van der Waals surface area (Å²) in [7, 11) is 0. The van der Waals surface area contributed by atoms with Crippen LogP contribution in [0.3, 0.4) is 0 Å². The first-order chi connectivity index (χ1) is 14.4. The number of likely N-dealkylation sites (tertiary alicyclic amines) is 1. The van der Waals surface area contributed by atoms with Crippen molar-refractivity contribution in [3.63, 3.8) is 0 Å². The molecule has 1 aliphatic heterocycles. The molecule has 0 saturated carbocycles.